The molecule has 0 aromatic rings. The van der Waals surface area contributed by atoms with Crippen molar-refractivity contribution in [3.63, 3.8) is 0 Å². The molecule has 1 unspecified atom stereocenters. The Labute approximate surface area is 92.0 Å². The monoisotopic (exact) mass is 237 g/mol. The number of thioether (sulfide) groups is 1. The molecule has 1 aliphatic rings. The summed E-state index contributed by atoms with van der Waals surface area (Å²) in [5, 5.41) is 8.37. The molecule has 5 heteroatoms. The Kier molecular flexibility index (Phi) is 4.78. The van der Waals surface area contributed by atoms with Crippen LogP contribution in [0, 0.1) is 23.2 Å². The topological polar surface area (TPSA) is 23.8 Å². The lowest BCUT2D eigenvalue weighted by atomic mass is 10.1. The average Bonchev–Trinajstić information content (AvgIpc) is 2.62. The van der Waals surface area contributed by atoms with Gasteiger partial charge in [-0.1, -0.05) is 12.8 Å². The number of hydrogen-bond donors (Lipinski definition) is 0. The first-order valence-corrected chi connectivity index (χ1v) is 6.23. The van der Waals surface area contributed by atoms with Crippen LogP contribution in [0.3, 0.4) is 0 Å². The molecule has 15 heavy (non-hydrogen) atoms. The zero-order chi connectivity index (χ0) is 11.3. The van der Waals surface area contributed by atoms with E-state index in [4.69, 9.17) is 5.26 Å². The highest BCUT2D eigenvalue weighted by molar-refractivity contribution is 7.99. The minimum absolute atomic E-state index is 0.115. The van der Waals surface area contributed by atoms with Crippen LogP contribution in [0.15, 0.2) is 0 Å². The molecule has 0 N–H and O–H groups in total. The molecule has 1 rings (SSSR count). The molecule has 1 fully saturated rings. The molecule has 1 atom stereocenters. The Balaban J connectivity index is 2.20. The van der Waals surface area contributed by atoms with Gasteiger partial charge in [-0.05, 0) is 24.5 Å². The molecule has 0 spiro atoms. The fourth-order valence-corrected chi connectivity index (χ4v) is 3.04. The van der Waals surface area contributed by atoms with E-state index in [2.05, 4.69) is 0 Å². The van der Waals surface area contributed by atoms with Gasteiger partial charge in [0.25, 0.3) is 0 Å². The van der Waals surface area contributed by atoms with E-state index in [9.17, 15) is 13.2 Å². The number of nitriles is 1. The number of nitrogens with zero attached hydrogens (tertiary/aromatic N) is 1. The van der Waals surface area contributed by atoms with Gasteiger partial charge in [0.2, 0.25) is 0 Å². The van der Waals surface area contributed by atoms with Crippen LogP contribution in [0.4, 0.5) is 13.2 Å². The summed E-state index contributed by atoms with van der Waals surface area (Å²) in [6.07, 6.45) is 0.308. The second kappa shape index (κ2) is 5.64. The summed E-state index contributed by atoms with van der Waals surface area (Å²) in [4.78, 5) is 0. The molecule has 0 aromatic carbocycles. The summed E-state index contributed by atoms with van der Waals surface area (Å²) in [7, 11) is 0. The van der Waals surface area contributed by atoms with Crippen molar-refractivity contribution in [1.82, 2.24) is 0 Å². The predicted octanol–water partition coefficient (Wildman–Crippen LogP) is 3.61. The highest BCUT2D eigenvalue weighted by atomic mass is 32.2. The largest absolute Gasteiger partial charge is 0.405 e. The molecule has 0 heterocycles. The lowest BCUT2D eigenvalue weighted by Crippen LogP contribution is -2.23. The van der Waals surface area contributed by atoms with Crippen molar-refractivity contribution in [2.75, 3.05) is 11.5 Å². The predicted molar refractivity (Wildman–Crippen MR) is 54.4 cm³/mol. The van der Waals surface area contributed by atoms with Crippen molar-refractivity contribution in [1.29, 1.82) is 5.26 Å². The third-order valence-electron chi connectivity index (χ3n) is 2.66. The highest BCUT2D eigenvalue weighted by Gasteiger charge is 2.39. The molecule has 1 nitrogen and oxygen atoms in total. The van der Waals surface area contributed by atoms with E-state index in [-0.39, 0.29) is 5.75 Å². The van der Waals surface area contributed by atoms with E-state index in [0.717, 1.165) is 18.6 Å². The zero-order valence-electron chi connectivity index (χ0n) is 8.39. The van der Waals surface area contributed by atoms with Crippen molar-refractivity contribution in [2.24, 2.45) is 11.8 Å². The van der Waals surface area contributed by atoms with Gasteiger partial charge in [0.1, 0.15) is 0 Å². The highest BCUT2D eigenvalue weighted by Crippen LogP contribution is 2.32. The Morgan fingerprint density at radius 2 is 1.93 bits per heavy atom. The second-order valence-electron chi connectivity index (χ2n) is 3.91. The smallest absolute Gasteiger partial charge is 0.198 e. The van der Waals surface area contributed by atoms with E-state index < -0.39 is 12.1 Å². The van der Waals surface area contributed by atoms with Crippen molar-refractivity contribution >= 4 is 11.8 Å². The van der Waals surface area contributed by atoms with Crippen molar-refractivity contribution in [3.05, 3.63) is 0 Å². The number of alkyl halides is 3. The lowest BCUT2D eigenvalue weighted by Gasteiger charge is -2.14. The molecule has 86 valence electrons. The minimum atomic E-state index is -4.36. The van der Waals surface area contributed by atoms with E-state index in [1.54, 1.807) is 0 Å². The van der Waals surface area contributed by atoms with Crippen molar-refractivity contribution in [2.45, 2.75) is 31.9 Å². The lowest BCUT2D eigenvalue weighted by molar-refractivity contribution is -0.152. The van der Waals surface area contributed by atoms with E-state index in [1.807, 2.05) is 0 Å². The Morgan fingerprint density at radius 1 is 1.33 bits per heavy atom. The summed E-state index contributed by atoms with van der Waals surface area (Å²) in [6.45, 7) is 0. The Bertz CT molecular complexity index is 228. The van der Waals surface area contributed by atoms with E-state index in [1.165, 1.54) is 30.7 Å². The first kappa shape index (κ1) is 12.7. The quantitative estimate of drug-likeness (QED) is 0.745. The van der Waals surface area contributed by atoms with Crippen molar-refractivity contribution in [3.8, 4) is 6.07 Å². The standard InChI is InChI=1S/C10H14F3NS/c11-10(12,13)9(5-14)7-15-6-8-3-1-2-4-8/h8-9H,1-4,6-7H2. The molecule has 1 saturated carbocycles. The maximum absolute atomic E-state index is 12.2. The SMILES string of the molecule is N#CC(CSCC1CCCC1)C(F)(F)F. The van der Waals surface area contributed by atoms with Crippen LogP contribution in [0.1, 0.15) is 25.7 Å². The first-order valence-electron chi connectivity index (χ1n) is 5.08. The van der Waals surface area contributed by atoms with Gasteiger partial charge in [0, 0.05) is 5.75 Å². The molecular formula is C10H14F3NS. The Hall–Kier alpha value is -0.370. The molecule has 1 aliphatic carbocycles. The third-order valence-corrected chi connectivity index (χ3v) is 3.94. The maximum Gasteiger partial charge on any atom is 0.405 e. The molecule has 0 amide bonds. The van der Waals surface area contributed by atoms with Gasteiger partial charge in [0.15, 0.2) is 5.92 Å². The maximum atomic E-state index is 12.2. The number of rotatable bonds is 4. The van der Waals surface area contributed by atoms with Crippen LogP contribution in [0.2, 0.25) is 0 Å². The summed E-state index contributed by atoms with van der Waals surface area (Å²) in [5.41, 5.74) is 0. The van der Waals surface area contributed by atoms with Gasteiger partial charge in [-0.15, -0.1) is 0 Å². The van der Waals surface area contributed by atoms with E-state index >= 15 is 0 Å². The fraction of sp³-hybridized carbons (Fsp3) is 0.900. The third kappa shape index (κ3) is 4.33. The average molecular weight is 237 g/mol. The summed E-state index contributed by atoms with van der Waals surface area (Å²) in [5.74, 6) is -0.573. The van der Waals surface area contributed by atoms with Crippen LogP contribution in [-0.4, -0.2) is 17.7 Å². The molecule has 0 bridgehead atoms. The number of halogens is 3. The van der Waals surface area contributed by atoms with Gasteiger partial charge in [-0.2, -0.15) is 30.2 Å². The van der Waals surface area contributed by atoms with Gasteiger partial charge in [-0.3, -0.25) is 0 Å². The number of hydrogen-bond acceptors (Lipinski definition) is 2. The molecule has 0 aromatic heterocycles. The molecule has 0 saturated heterocycles. The molecule has 0 radical (unpaired) electrons. The normalized spacial score (nSPS) is 20.1. The minimum Gasteiger partial charge on any atom is -0.198 e. The summed E-state index contributed by atoms with van der Waals surface area (Å²) in [6, 6.07) is 1.32. The summed E-state index contributed by atoms with van der Waals surface area (Å²) >= 11 is 1.27. The van der Waals surface area contributed by atoms with Gasteiger partial charge in [-0.25, -0.2) is 0 Å². The Morgan fingerprint density at radius 3 is 2.40 bits per heavy atom. The van der Waals surface area contributed by atoms with Crippen LogP contribution < -0.4 is 0 Å². The fourth-order valence-electron chi connectivity index (χ4n) is 1.73. The van der Waals surface area contributed by atoms with Gasteiger partial charge >= 0.3 is 6.18 Å². The van der Waals surface area contributed by atoms with E-state index in [0.29, 0.717) is 5.92 Å². The van der Waals surface area contributed by atoms with Crippen molar-refractivity contribution < 1.29 is 13.2 Å². The van der Waals surface area contributed by atoms with Crippen LogP contribution in [0.5, 0.6) is 0 Å². The zero-order valence-corrected chi connectivity index (χ0v) is 9.20. The van der Waals surface area contributed by atoms with Gasteiger partial charge in [0.05, 0.1) is 6.07 Å². The summed E-state index contributed by atoms with van der Waals surface area (Å²) < 4.78 is 36.6. The van der Waals surface area contributed by atoms with Crippen LogP contribution >= 0.6 is 11.8 Å². The van der Waals surface area contributed by atoms with Crippen LogP contribution in [0.25, 0.3) is 0 Å². The first-order chi connectivity index (χ1) is 7.04. The van der Waals surface area contributed by atoms with Gasteiger partial charge < -0.3 is 0 Å². The molecule has 0 aliphatic heterocycles. The molecular weight excluding hydrogens is 223 g/mol. The second-order valence-corrected chi connectivity index (χ2v) is 4.99. The van der Waals surface area contributed by atoms with Crippen LogP contribution in [-0.2, 0) is 0 Å².